The highest BCUT2D eigenvalue weighted by atomic mass is 35.5. The summed E-state index contributed by atoms with van der Waals surface area (Å²) >= 11 is 12.6. The van der Waals surface area contributed by atoms with Gasteiger partial charge in [0.05, 0.1) is 17.5 Å². The fourth-order valence-corrected chi connectivity index (χ4v) is 8.83. The summed E-state index contributed by atoms with van der Waals surface area (Å²) in [6, 6.07) is 17.9. The molecular formula is C30H30Cl2N2O6S. The number of fused-ring (bicyclic) bond motifs is 3. The molecule has 0 aromatic heterocycles. The standard InChI is InChI=1S/C30H30Cl2N2O6S/c1-2-39-28(35)18-33-29(36)34-16-15-30(41(37,38)22-7-4-3-5-8-22)24-13-12-21(17-20(24)11-14-27(30)34)40-19-23-25(31)9-6-10-26(23)32/h3-10,12-13,17,27H,2,11,14-16,18-19H2,1H3,(H,33,36)/t27-,30-/m1/s1. The highest BCUT2D eigenvalue weighted by Crippen LogP contribution is 2.53. The van der Waals surface area contributed by atoms with E-state index in [1.54, 1.807) is 72.5 Å². The molecule has 1 aliphatic carbocycles. The first-order valence-electron chi connectivity index (χ1n) is 13.4. The Morgan fingerprint density at radius 1 is 1.05 bits per heavy atom. The van der Waals surface area contributed by atoms with E-state index in [9.17, 15) is 18.0 Å². The van der Waals surface area contributed by atoms with Gasteiger partial charge in [-0.2, -0.15) is 0 Å². The summed E-state index contributed by atoms with van der Waals surface area (Å²) in [4.78, 5) is 26.8. The van der Waals surface area contributed by atoms with E-state index in [1.165, 1.54) is 0 Å². The first kappa shape index (κ1) is 29.2. The van der Waals surface area contributed by atoms with Gasteiger partial charge < -0.3 is 19.7 Å². The predicted molar refractivity (Wildman–Crippen MR) is 156 cm³/mol. The summed E-state index contributed by atoms with van der Waals surface area (Å²) < 4.78 is 38.5. The second-order valence-corrected chi connectivity index (χ2v) is 13.0. The molecule has 2 atom stereocenters. The minimum atomic E-state index is -3.95. The van der Waals surface area contributed by atoms with Gasteiger partial charge in [-0.1, -0.05) is 53.5 Å². The van der Waals surface area contributed by atoms with Gasteiger partial charge in [-0.3, -0.25) is 4.79 Å². The molecule has 0 bridgehead atoms. The highest BCUT2D eigenvalue weighted by Gasteiger charge is 2.60. The molecule has 2 amide bonds. The van der Waals surface area contributed by atoms with Gasteiger partial charge in [0, 0.05) is 22.2 Å². The van der Waals surface area contributed by atoms with Crippen LogP contribution in [0.1, 0.15) is 36.5 Å². The number of sulfone groups is 1. The van der Waals surface area contributed by atoms with Crippen LogP contribution >= 0.6 is 23.2 Å². The molecule has 216 valence electrons. The number of rotatable bonds is 8. The van der Waals surface area contributed by atoms with Crippen LogP contribution in [0.25, 0.3) is 0 Å². The topological polar surface area (TPSA) is 102 Å². The zero-order valence-electron chi connectivity index (χ0n) is 22.4. The van der Waals surface area contributed by atoms with Crippen molar-refractivity contribution < 1.29 is 27.5 Å². The lowest BCUT2D eigenvalue weighted by atomic mass is 9.78. The number of amides is 2. The van der Waals surface area contributed by atoms with Crippen LogP contribution < -0.4 is 10.1 Å². The van der Waals surface area contributed by atoms with Gasteiger partial charge in [0.1, 0.15) is 23.6 Å². The van der Waals surface area contributed by atoms with Crippen LogP contribution in [0.3, 0.4) is 0 Å². The number of halogens is 2. The minimum Gasteiger partial charge on any atom is -0.489 e. The number of aryl methyl sites for hydroxylation is 1. The maximum atomic E-state index is 14.5. The molecular weight excluding hydrogens is 587 g/mol. The normalized spacial score (nSPS) is 19.7. The number of carbonyl (C=O) groups excluding carboxylic acids is 2. The number of urea groups is 1. The second-order valence-electron chi connectivity index (χ2n) is 9.98. The third kappa shape index (κ3) is 5.38. The molecule has 1 heterocycles. The van der Waals surface area contributed by atoms with Crippen molar-refractivity contribution in [3.05, 3.63) is 93.5 Å². The van der Waals surface area contributed by atoms with Crippen LogP contribution in [0.5, 0.6) is 5.75 Å². The third-order valence-corrected chi connectivity index (χ3v) is 11.0. The number of likely N-dealkylation sites (tertiary alicyclic amines) is 1. The number of nitrogens with one attached hydrogen (secondary N) is 1. The van der Waals surface area contributed by atoms with E-state index in [4.69, 9.17) is 32.7 Å². The Kier molecular flexibility index (Phi) is 8.50. The number of esters is 1. The molecule has 0 spiro atoms. The average Bonchev–Trinajstić information content (AvgIpc) is 3.38. The molecule has 11 heteroatoms. The lowest BCUT2D eigenvalue weighted by Gasteiger charge is -2.42. The quantitative estimate of drug-likeness (QED) is 0.334. The Morgan fingerprint density at radius 2 is 1.78 bits per heavy atom. The Bertz CT molecular complexity index is 1550. The van der Waals surface area contributed by atoms with Crippen LogP contribution in [0.2, 0.25) is 10.0 Å². The molecule has 2 aliphatic rings. The maximum Gasteiger partial charge on any atom is 0.325 e. The molecule has 0 unspecified atom stereocenters. The van der Waals surface area contributed by atoms with E-state index in [-0.39, 0.29) is 37.6 Å². The molecule has 8 nitrogen and oxygen atoms in total. The Labute approximate surface area is 249 Å². The summed E-state index contributed by atoms with van der Waals surface area (Å²) in [5.41, 5.74) is 2.16. The molecule has 5 rings (SSSR count). The summed E-state index contributed by atoms with van der Waals surface area (Å²) in [5.74, 6) is 0.00953. The molecule has 1 saturated heterocycles. The van der Waals surface area contributed by atoms with E-state index in [2.05, 4.69) is 5.32 Å². The van der Waals surface area contributed by atoms with E-state index in [1.807, 2.05) is 6.07 Å². The fraction of sp³-hybridized carbons (Fsp3) is 0.333. The number of nitrogens with zero attached hydrogens (tertiary/aromatic N) is 1. The zero-order chi connectivity index (χ0) is 29.2. The Hall–Kier alpha value is -3.27. The van der Waals surface area contributed by atoms with Crippen molar-refractivity contribution in [2.24, 2.45) is 0 Å². The van der Waals surface area contributed by atoms with Crippen LogP contribution in [-0.2, 0) is 37.1 Å². The molecule has 3 aromatic carbocycles. The van der Waals surface area contributed by atoms with E-state index >= 15 is 0 Å². The maximum absolute atomic E-state index is 14.5. The molecule has 0 radical (unpaired) electrons. The number of carbonyl (C=O) groups is 2. The first-order chi connectivity index (χ1) is 19.7. The van der Waals surface area contributed by atoms with Gasteiger partial charge in [0.25, 0.3) is 0 Å². The lowest BCUT2D eigenvalue weighted by Crippen LogP contribution is -2.54. The number of hydrogen-bond acceptors (Lipinski definition) is 6. The molecule has 1 aliphatic heterocycles. The zero-order valence-corrected chi connectivity index (χ0v) is 24.8. The minimum absolute atomic E-state index is 0.155. The van der Waals surface area contributed by atoms with E-state index < -0.39 is 32.6 Å². The number of ether oxygens (including phenoxy) is 2. The van der Waals surface area contributed by atoms with Gasteiger partial charge in [-0.05, 0) is 73.7 Å². The van der Waals surface area contributed by atoms with Crippen molar-refractivity contribution in [1.29, 1.82) is 0 Å². The monoisotopic (exact) mass is 616 g/mol. The Balaban J connectivity index is 1.49. The van der Waals surface area contributed by atoms with Gasteiger partial charge >= 0.3 is 12.0 Å². The molecule has 3 aromatic rings. The summed E-state index contributed by atoms with van der Waals surface area (Å²) in [6.45, 7) is 1.97. The molecule has 1 N–H and O–H groups in total. The molecule has 1 fully saturated rings. The Morgan fingerprint density at radius 3 is 2.49 bits per heavy atom. The van der Waals surface area contributed by atoms with Crippen molar-refractivity contribution in [2.45, 2.75) is 48.5 Å². The van der Waals surface area contributed by atoms with Crippen molar-refractivity contribution >= 4 is 45.0 Å². The van der Waals surface area contributed by atoms with Gasteiger partial charge in [-0.25, -0.2) is 13.2 Å². The summed E-state index contributed by atoms with van der Waals surface area (Å²) in [5, 5.41) is 3.60. The van der Waals surface area contributed by atoms with Crippen molar-refractivity contribution in [3.63, 3.8) is 0 Å². The van der Waals surface area contributed by atoms with Crippen LogP contribution in [0.4, 0.5) is 4.79 Å². The van der Waals surface area contributed by atoms with Crippen molar-refractivity contribution in [1.82, 2.24) is 10.2 Å². The first-order valence-corrected chi connectivity index (χ1v) is 15.6. The SMILES string of the molecule is CCOC(=O)CNC(=O)N1CC[C@@]2(S(=O)(=O)c3ccccc3)c3ccc(OCc4c(Cl)cccc4Cl)cc3CC[C@@H]12. The van der Waals surface area contributed by atoms with E-state index in [0.717, 1.165) is 5.56 Å². The summed E-state index contributed by atoms with van der Waals surface area (Å²) in [7, 11) is -3.95. The van der Waals surface area contributed by atoms with Crippen LogP contribution in [0.15, 0.2) is 71.6 Å². The van der Waals surface area contributed by atoms with Gasteiger partial charge in [-0.15, -0.1) is 0 Å². The second kappa shape index (κ2) is 11.9. The highest BCUT2D eigenvalue weighted by molar-refractivity contribution is 7.92. The lowest BCUT2D eigenvalue weighted by molar-refractivity contribution is -0.141. The van der Waals surface area contributed by atoms with Crippen LogP contribution in [0, 0.1) is 0 Å². The van der Waals surface area contributed by atoms with E-state index in [0.29, 0.717) is 39.8 Å². The number of hydrogen-bond donors (Lipinski definition) is 1. The van der Waals surface area contributed by atoms with Gasteiger partial charge in [0.15, 0.2) is 9.84 Å². The third-order valence-electron chi connectivity index (χ3n) is 7.79. The summed E-state index contributed by atoms with van der Waals surface area (Å²) in [6.07, 6.45) is 1.17. The smallest absolute Gasteiger partial charge is 0.325 e. The predicted octanol–water partition coefficient (Wildman–Crippen LogP) is 5.53. The van der Waals surface area contributed by atoms with Gasteiger partial charge in [0.2, 0.25) is 0 Å². The van der Waals surface area contributed by atoms with Crippen molar-refractivity contribution in [2.75, 3.05) is 19.7 Å². The number of benzene rings is 3. The van der Waals surface area contributed by atoms with Crippen LogP contribution in [-0.4, -0.2) is 51.1 Å². The average molecular weight is 618 g/mol. The van der Waals surface area contributed by atoms with Crippen molar-refractivity contribution in [3.8, 4) is 5.75 Å². The molecule has 41 heavy (non-hydrogen) atoms. The largest absolute Gasteiger partial charge is 0.489 e. The molecule has 0 saturated carbocycles. The fourth-order valence-electron chi connectivity index (χ4n) is 5.93.